The van der Waals surface area contributed by atoms with E-state index in [1.165, 1.54) is 10.6 Å². The largest absolute Gasteiger partial charge is 0.375 e. The molecule has 0 aliphatic carbocycles. The van der Waals surface area contributed by atoms with Crippen LogP contribution >= 0.6 is 0 Å². The zero-order valence-electron chi connectivity index (χ0n) is 12.2. The SMILES string of the molecule is CC[C@H]1CN(C(=O)[C@@H]2CCCCN2S(C)(=O)=O)CCO1. The number of carbonyl (C=O) groups is 1. The lowest BCUT2D eigenvalue weighted by Crippen LogP contribution is -2.56. The number of carbonyl (C=O) groups excluding carboxylic acids is 1. The van der Waals surface area contributed by atoms with E-state index in [1.54, 1.807) is 4.90 Å². The van der Waals surface area contributed by atoms with E-state index >= 15 is 0 Å². The fraction of sp³-hybridized carbons (Fsp3) is 0.923. The third-order valence-corrected chi connectivity index (χ3v) is 5.36. The molecular weight excluding hydrogens is 280 g/mol. The number of morpholine rings is 1. The van der Waals surface area contributed by atoms with Crippen molar-refractivity contribution in [1.29, 1.82) is 0 Å². The number of hydrogen-bond acceptors (Lipinski definition) is 4. The number of piperidine rings is 1. The highest BCUT2D eigenvalue weighted by molar-refractivity contribution is 7.88. The molecule has 0 aromatic rings. The lowest BCUT2D eigenvalue weighted by atomic mass is 10.0. The van der Waals surface area contributed by atoms with E-state index in [9.17, 15) is 13.2 Å². The minimum atomic E-state index is -3.32. The van der Waals surface area contributed by atoms with Crippen LogP contribution in [0.2, 0.25) is 0 Å². The summed E-state index contributed by atoms with van der Waals surface area (Å²) in [4.78, 5) is 14.4. The van der Waals surface area contributed by atoms with Gasteiger partial charge in [0.1, 0.15) is 6.04 Å². The smallest absolute Gasteiger partial charge is 0.241 e. The Balaban J connectivity index is 2.09. The first kappa shape index (κ1) is 15.7. The number of rotatable bonds is 3. The van der Waals surface area contributed by atoms with Gasteiger partial charge >= 0.3 is 0 Å². The third-order valence-electron chi connectivity index (χ3n) is 4.07. The van der Waals surface area contributed by atoms with Gasteiger partial charge in [0, 0.05) is 19.6 Å². The highest BCUT2D eigenvalue weighted by atomic mass is 32.2. The number of nitrogens with zero attached hydrogens (tertiary/aromatic N) is 2. The van der Waals surface area contributed by atoms with Gasteiger partial charge in [-0.25, -0.2) is 8.42 Å². The van der Waals surface area contributed by atoms with Crippen LogP contribution in [-0.4, -0.2) is 68.2 Å². The van der Waals surface area contributed by atoms with E-state index < -0.39 is 16.1 Å². The van der Waals surface area contributed by atoms with Crippen LogP contribution in [0, 0.1) is 0 Å². The summed E-state index contributed by atoms with van der Waals surface area (Å²) in [5, 5.41) is 0. The monoisotopic (exact) mass is 304 g/mol. The third kappa shape index (κ3) is 3.51. The predicted octanol–water partition coefficient (Wildman–Crippen LogP) is 0.438. The Bertz CT molecular complexity index is 451. The van der Waals surface area contributed by atoms with Gasteiger partial charge in [0.05, 0.1) is 19.0 Å². The normalized spacial score (nSPS) is 29.4. The second-order valence-corrected chi connectivity index (χ2v) is 7.51. The van der Waals surface area contributed by atoms with Gasteiger partial charge in [-0.1, -0.05) is 13.3 Å². The van der Waals surface area contributed by atoms with Gasteiger partial charge in [-0.05, 0) is 19.3 Å². The topological polar surface area (TPSA) is 66.9 Å². The standard InChI is InChI=1S/C13H24N2O4S/c1-3-11-10-14(8-9-19-11)13(16)12-6-4-5-7-15(12)20(2,17)18/h11-12H,3-10H2,1-2H3/t11-,12-/m0/s1. The van der Waals surface area contributed by atoms with Crippen molar-refractivity contribution in [3.8, 4) is 0 Å². The summed E-state index contributed by atoms with van der Waals surface area (Å²) < 4.78 is 30.6. The number of amides is 1. The molecule has 0 aromatic heterocycles. The molecule has 6 nitrogen and oxygen atoms in total. The maximum Gasteiger partial charge on any atom is 0.241 e. The Hall–Kier alpha value is -0.660. The Morgan fingerprint density at radius 3 is 2.70 bits per heavy atom. The van der Waals surface area contributed by atoms with Gasteiger partial charge in [0.25, 0.3) is 0 Å². The molecule has 2 rings (SSSR count). The zero-order chi connectivity index (χ0) is 14.8. The molecule has 0 N–H and O–H groups in total. The van der Waals surface area contributed by atoms with Gasteiger partial charge in [-0.3, -0.25) is 4.79 Å². The van der Waals surface area contributed by atoms with Crippen molar-refractivity contribution >= 4 is 15.9 Å². The summed E-state index contributed by atoms with van der Waals surface area (Å²) in [6.07, 6.45) is 4.49. The average Bonchev–Trinajstić information content (AvgIpc) is 2.45. The molecule has 0 aromatic carbocycles. The summed E-state index contributed by atoms with van der Waals surface area (Å²) in [7, 11) is -3.32. The molecule has 0 saturated carbocycles. The molecule has 2 aliphatic heterocycles. The van der Waals surface area contributed by atoms with Crippen molar-refractivity contribution in [3.63, 3.8) is 0 Å². The summed E-state index contributed by atoms with van der Waals surface area (Å²) in [6.45, 7) is 4.15. The van der Waals surface area contributed by atoms with Gasteiger partial charge in [-0.15, -0.1) is 0 Å². The van der Waals surface area contributed by atoms with Gasteiger partial charge in [0.15, 0.2) is 0 Å². The van der Waals surface area contributed by atoms with Gasteiger partial charge in [-0.2, -0.15) is 4.31 Å². The summed E-state index contributed by atoms with van der Waals surface area (Å²) in [5.74, 6) is -0.0584. The van der Waals surface area contributed by atoms with E-state index in [4.69, 9.17) is 4.74 Å². The molecule has 2 aliphatic rings. The van der Waals surface area contributed by atoms with Crippen LogP contribution in [0.4, 0.5) is 0 Å². The van der Waals surface area contributed by atoms with E-state index in [0.717, 1.165) is 19.3 Å². The summed E-state index contributed by atoms with van der Waals surface area (Å²) >= 11 is 0. The van der Waals surface area contributed by atoms with E-state index in [-0.39, 0.29) is 12.0 Å². The number of ether oxygens (including phenoxy) is 1. The first-order valence-corrected chi connectivity index (χ1v) is 9.15. The second-order valence-electron chi connectivity index (χ2n) is 5.57. The highest BCUT2D eigenvalue weighted by Gasteiger charge is 2.37. The molecule has 2 atom stereocenters. The Morgan fingerprint density at radius 2 is 2.05 bits per heavy atom. The van der Waals surface area contributed by atoms with Crippen LogP contribution in [0.25, 0.3) is 0 Å². The first-order chi connectivity index (χ1) is 9.43. The quantitative estimate of drug-likeness (QED) is 0.759. The van der Waals surface area contributed by atoms with Crippen molar-refractivity contribution < 1.29 is 17.9 Å². The fourth-order valence-electron chi connectivity index (χ4n) is 2.93. The molecule has 0 spiro atoms. The van der Waals surface area contributed by atoms with Crippen molar-refractivity contribution in [2.75, 3.05) is 32.5 Å². The highest BCUT2D eigenvalue weighted by Crippen LogP contribution is 2.22. The Labute approximate surface area is 121 Å². The molecular formula is C13H24N2O4S. The van der Waals surface area contributed by atoms with Crippen molar-refractivity contribution in [3.05, 3.63) is 0 Å². The fourth-order valence-corrected chi connectivity index (χ4v) is 4.04. The van der Waals surface area contributed by atoms with E-state index in [2.05, 4.69) is 0 Å². The number of hydrogen-bond donors (Lipinski definition) is 0. The Kier molecular flexibility index (Phi) is 5.04. The second kappa shape index (κ2) is 6.41. The Morgan fingerprint density at radius 1 is 1.30 bits per heavy atom. The van der Waals surface area contributed by atoms with E-state index in [0.29, 0.717) is 32.7 Å². The minimum Gasteiger partial charge on any atom is -0.375 e. The lowest BCUT2D eigenvalue weighted by Gasteiger charge is -2.39. The minimum absolute atomic E-state index is 0.0584. The van der Waals surface area contributed by atoms with Crippen LogP contribution in [-0.2, 0) is 19.6 Å². The van der Waals surface area contributed by atoms with Crippen molar-refractivity contribution in [2.45, 2.75) is 44.8 Å². The molecule has 2 fully saturated rings. The van der Waals surface area contributed by atoms with Crippen molar-refractivity contribution in [2.24, 2.45) is 0 Å². The molecule has 0 unspecified atom stereocenters. The van der Waals surface area contributed by atoms with Gasteiger partial charge < -0.3 is 9.64 Å². The van der Waals surface area contributed by atoms with Gasteiger partial charge in [0.2, 0.25) is 15.9 Å². The van der Waals surface area contributed by atoms with Crippen LogP contribution in [0.1, 0.15) is 32.6 Å². The molecule has 0 bridgehead atoms. The predicted molar refractivity (Wildman–Crippen MR) is 75.8 cm³/mol. The molecule has 1 amide bonds. The van der Waals surface area contributed by atoms with Crippen LogP contribution in [0.5, 0.6) is 0 Å². The molecule has 2 heterocycles. The zero-order valence-corrected chi connectivity index (χ0v) is 13.1. The average molecular weight is 304 g/mol. The lowest BCUT2D eigenvalue weighted by molar-refractivity contribution is -0.143. The van der Waals surface area contributed by atoms with Crippen LogP contribution in [0.15, 0.2) is 0 Å². The van der Waals surface area contributed by atoms with Crippen LogP contribution < -0.4 is 0 Å². The summed E-state index contributed by atoms with van der Waals surface area (Å²) in [6, 6.07) is -0.519. The first-order valence-electron chi connectivity index (χ1n) is 7.30. The molecule has 0 radical (unpaired) electrons. The number of sulfonamides is 1. The summed E-state index contributed by atoms with van der Waals surface area (Å²) in [5.41, 5.74) is 0. The van der Waals surface area contributed by atoms with Crippen LogP contribution in [0.3, 0.4) is 0 Å². The maximum atomic E-state index is 12.6. The van der Waals surface area contributed by atoms with Crippen molar-refractivity contribution in [1.82, 2.24) is 9.21 Å². The molecule has 116 valence electrons. The van der Waals surface area contributed by atoms with E-state index in [1.807, 2.05) is 6.92 Å². The molecule has 20 heavy (non-hydrogen) atoms. The molecule has 7 heteroatoms. The maximum absolute atomic E-state index is 12.6. The molecule has 2 saturated heterocycles.